The average Bonchev–Trinajstić information content (AvgIpc) is 3.31. The van der Waals surface area contributed by atoms with E-state index in [2.05, 4.69) is 36.7 Å². The maximum Gasteiger partial charge on any atom is 0.238 e. The largest absolute Gasteiger partial charge is 0.393 e. The number of nitrogens with one attached hydrogen (secondary N) is 3. The number of anilines is 1. The van der Waals surface area contributed by atoms with Crippen LogP contribution in [-0.4, -0.2) is 41.2 Å². The summed E-state index contributed by atoms with van der Waals surface area (Å²) >= 11 is 12.5. The number of fused-ring (bicyclic) bond motifs is 2. The first-order chi connectivity index (χ1) is 17.9. The first kappa shape index (κ1) is 27.4. The number of halogens is 3. The third kappa shape index (κ3) is 4.72. The Morgan fingerprint density at radius 1 is 1.16 bits per heavy atom. The SMILES string of the molecule is CC(C)(C)C[C@@H]1N[C@@H](C(=O)NC2CCC(O)CC2)C(c2cccc(Cl)c2F)[C@]12C(=O)Nc1cc(Cl)ccc12. The fourth-order valence-corrected chi connectivity index (χ4v) is 7.02. The number of hydrogen-bond acceptors (Lipinski definition) is 4. The van der Waals surface area contributed by atoms with Gasteiger partial charge in [0.1, 0.15) is 11.2 Å². The van der Waals surface area contributed by atoms with Gasteiger partial charge >= 0.3 is 0 Å². The van der Waals surface area contributed by atoms with E-state index >= 15 is 4.39 Å². The number of hydrogen-bond donors (Lipinski definition) is 4. The van der Waals surface area contributed by atoms with Crippen LogP contribution in [0.1, 0.15) is 69.9 Å². The van der Waals surface area contributed by atoms with E-state index in [0.717, 1.165) is 0 Å². The van der Waals surface area contributed by atoms with E-state index in [1.807, 2.05) is 6.07 Å². The van der Waals surface area contributed by atoms with Gasteiger partial charge in [-0.05, 0) is 66.8 Å². The molecule has 2 aromatic carbocycles. The normalized spacial score (nSPS) is 30.8. The van der Waals surface area contributed by atoms with Crippen molar-refractivity contribution in [3.05, 3.63) is 63.4 Å². The molecule has 4 atom stereocenters. The Labute approximate surface area is 232 Å². The van der Waals surface area contributed by atoms with Gasteiger partial charge in [-0.3, -0.25) is 9.59 Å². The maximum atomic E-state index is 15.8. The maximum absolute atomic E-state index is 15.8. The summed E-state index contributed by atoms with van der Waals surface area (Å²) in [4.78, 5) is 28.1. The highest BCUT2D eigenvalue weighted by molar-refractivity contribution is 6.31. The summed E-state index contributed by atoms with van der Waals surface area (Å²) in [6.45, 7) is 6.23. The van der Waals surface area contributed by atoms with Gasteiger partial charge in [-0.1, -0.05) is 62.2 Å². The standard InChI is InChI=1S/C29H34Cl2FN3O3/c1-28(2,3)14-22-29(19-12-7-15(30)13-21(19)34-27(29)38)23(18-5-4-6-20(31)24(18)32)25(35-22)26(37)33-16-8-10-17(36)11-9-16/h4-7,12-13,16-17,22-23,25,35-36H,8-11,14H2,1-3H3,(H,33,37)(H,34,38)/t16?,17?,22-,23?,25+,29+/m0/s1. The molecule has 1 saturated carbocycles. The molecule has 5 rings (SSSR count). The first-order valence-corrected chi connectivity index (χ1v) is 14.0. The lowest BCUT2D eigenvalue weighted by Gasteiger charge is -2.38. The molecule has 3 aliphatic rings. The van der Waals surface area contributed by atoms with Gasteiger partial charge in [-0.25, -0.2) is 4.39 Å². The van der Waals surface area contributed by atoms with Gasteiger partial charge < -0.3 is 21.1 Å². The lowest BCUT2D eigenvalue weighted by molar-refractivity contribution is -0.124. The second kappa shape index (κ2) is 10.1. The minimum atomic E-state index is -1.27. The van der Waals surface area contributed by atoms with E-state index in [-0.39, 0.29) is 40.0 Å². The molecular formula is C29H34Cl2FN3O3. The summed E-state index contributed by atoms with van der Waals surface area (Å²) in [6.07, 6.45) is 2.75. The highest BCUT2D eigenvalue weighted by Crippen LogP contribution is 2.57. The lowest BCUT2D eigenvalue weighted by Crippen LogP contribution is -2.50. The Morgan fingerprint density at radius 3 is 2.55 bits per heavy atom. The van der Waals surface area contributed by atoms with Crippen molar-refractivity contribution in [2.24, 2.45) is 5.41 Å². The molecule has 9 heteroatoms. The van der Waals surface area contributed by atoms with Gasteiger partial charge in [-0.15, -0.1) is 0 Å². The number of rotatable bonds is 4. The number of carbonyl (C=O) groups excluding carboxylic acids is 2. The Balaban J connectivity index is 1.67. The molecule has 4 N–H and O–H groups in total. The molecule has 204 valence electrons. The second-order valence-corrected chi connectivity index (χ2v) is 13.0. The average molecular weight is 563 g/mol. The monoisotopic (exact) mass is 561 g/mol. The fraction of sp³-hybridized carbons (Fsp3) is 0.517. The number of aliphatic hydroxyl groups excluding tert-OH is 1. The molecule has 0 radical (unpaired) electrons. The van der Waals surface area contributed by atoms with Gasteiger partial charge in [-0.2, -0.15) is 0 Å². The molecular weight excluding hydrogens is 528 g/mol. The van der Waals surface area contributed by atoms with Gasteiger partial charge in [0.05, 0.1) is 17.2 Å². The molecule has 6 nitrogen and oxygen atoms in total. The quantitative estimate of drug-likeness (QED) is 0.407. The molecule has 0 bridgehead atoms. The van der Waals surface area contributed by atoms with Crippen molar-refractivity contribution in [1.82, 2.24) is 10.6 Å². The summed E-state index contributed by atoms with van der Waals surface area (Å²) < 4.78 is 15.8. The lowest BCUT2D eigenvalue weighted by atomic mass is 9.62. The van der Waals surface area contributed by atoms with Crippen molar-refractivity contribution < 1.29 is 19.1 Å². The molecule has 2 amide bonds. The van der Waals surface area contributed by atoms with E-state index in [1.165, 1.54) is 6.07 Å². The van der Waals surface area contributed by atoms with E-state index in [0.29, 0.717) is 48.4 Å². The van der Waals surface area contributed by atoms with Crippen molar-refractivity contribution >= 4 is 40.7 Å². The zero-order chi connectivity index (χ0) is 27.4. The second-order valence-electron chi connectivity index (χ2n) is 12.1. The van der Waals surface area contributed by atoms with Crippen LogP contribution in [0.5, 0.6) is 0 Å². The molecule has 1 saturated heterocycles. The minimum absolute atomic E-state index is 0.0629. The number of amides is 2. The van der Waals surface area contributed by atoms with E-state index in [4.69, 9.17) is 23.2 Å². The third-order valence-corrected chi connectivity index (χ3v) is 8.79. The van der Waals surface area contributed by atoms with E-state index in [1.54, 1.807) is 24.3 Å². The zero-order valence-corrected chi connectivity index (χ0v) is 23.3. The first-order valence-electron chi connectivity index (χ1n) is 13.2. The molecule has 1 aliphatic carbocycles. The van der Waals surface area contributed by atoms with Crippen LogP contribution < -0.4 is 16.0 Å². The number of aliphatic hydroxyl groups is 1. The predicted octanol–water partition coefficient (Wildman–Crippen LogP) is 5.30. The summed E-state index contributed by atoms with van der Waals surface area (Å²) in [6, 6.07) is 8.50. The minimum Gasteiger partial charge on any atom is -0.393 e. The van der Waals surface area contributed by atoms with Gasteiger partial charge in [0.25, 0.3) is 0 Å². The Hall–Kier alpha value is -2.19. The molecule has 38 heavy (non-hydrogen) atoms. The molecule has 1 unspecified atom stereocenters. The van der Waals surface area contributed by atoms with E-state index in [9.17, 15) is 14.7 Å². The summed E-state index contributed by atoms with van der Waals surface area (Å²) in [5, 5.41) is 19.9. The van der Waals surface area contributed by atoms with E-state index < -0.39 is 29.2 Å². The van der Waals surface area contributed by atoms with Crippen LogP contribution in [0, 0.1) is 11.2 Å². The van der Waals surface area contributed by atoms with Gasteiger partial charge in [0, 0.05) is 28.7 Å². The van der Waals surface area contributed by atoms with Crippen LogP contribution in [0.3, 0.4) is 0 Å². The van der Waals surface area contributed by atoms with Crippen molar-refractivity contribution in [2.45, 2.75) is 88.4 Å². The van der Waals surface area contributed by atoms with Crippen LogP contribution >= 0.6 is 23.2 Å². The topological polar surface area (TPSA) is 90.5 Å². The van der Waals surface area contributed by atoms with Crippen LogP contribution in [-0.2, 0) is 15.0 Å². The summed E-state index contributed by atoms with van der Waals surface area (Å²) in [5.74, 6) is -2.09. The number of benzene rings is 2. The highest BCUT2D eigenvalue weighted by atomic mass is 35.5. The van der Waals surface area contributed by atoms with Crippen LogP contribution in [0.15, 0.2) is 36.4 Å². The van der Waals surface area contributed by atoms with Gasteiger partial charge in [0.2, 0.25) is 11.8 Å². The van der Waals surface area contributed by atoms with Crippen molar-refractivity contribution in [1.29, 1.82) is 0 Å². The Bertz CT molecular complexity index is 1260. The Morgan fingerprint density at radius 2 is 1.87 bits per heavy atom. The highest BCUT2D eigenvalue weighted by Gasteiger charge is 2.66. The summed E-state index contributed by atoms with van der Waals surface area (Å²) in [5.41, 5.74) is -0.00278. The molecule has 2 aliphatic heterocycles. The van der Waals surface area contributed by atoms with Crippen molar-refractivity contribution in [2.75, 3.05) is 5.32 Å². The molecule has 0 aromatic heterocycles. The smallest absolute Gasteiger partial charge is 0.238 e. The molecule has 2 aromatic rings. The predicted molar refractivity (Wildman–Crippen MR) is 147 cm³/mol. The Kier molecular flexibility index (Phi) is 7.27. The fourth-order valence-electron chi connectivity index (χ4n) is 6.66. The molecule has 1 spiro atoms. The zero-order valence-electron chi connectivity index (χ0n) is 21.8. The van der Waals surface area contributed by atoms with Crippen molar-refractivity contribution in [3.63, 3.8) is 0 Å². The third-order valence-electron chi connectivity index (χ3n) is 8.26. The van der Waals surface area contributed by atoms with Crippen molar-refractivity contribution in [3.8, 4) is 0 Å². The van der Waals surface area contributed by atoms with Gasteiger partial charge in [0.15, 0.2) is 0 Å². The van der Waals surface area contributed by atoms with Crippen LogP contribution in [0.4, 0.5) is 10.1 Å². The number of carbonyl (C=O) groups is 2. The summed E-state index contributed by atoms with van der Waals surface area (Å²) in [7, 11) is 0. The molecule has 2 heterocycles. The molecule has 2 fully saturated rings. The van der Waals surface area contributed by atoms with Crippen LogP contribution in [0.25, 0.3) is 0 Å². The van der Waals surface area contributed by atoms with Crippen LogP contribution in [0.2, 0.25) is 10.0 Å².